The van der Waals surface area contributed by atoms with Crippen LogP contribution in [-0.4, -0.2) is 25.8 Å². The van der Waals surface area contributed by atoms with Gasteiger partial charge in [0, 0.05) is 25.4 Å². The molecular formula is C11H13N3O3. The molecule has 2 rings (SSSR count). The maximum atomic E-state index is 11.3. The Balaban J connectivity index is 2.76. The van der Waals surface area contributed by atoms with E-state index in [0.717, 1.165) is 5.69 Å². The third-order valence-corrected chi connectivity index (χ3v) is 2.93. The largest absolute Gasteiger partial charge is 0.478 e. The van der Waals surface area contributed by atoms with Crippen molar-refractivity contribution in [3.63, 3.8) is 0 Å². The molecule has 90 valence electrons. The van der Waals surface area contributed by atoms with Gasteiger partial charge < -0.3 is 14.1 Å². The molecule has 0 radical (unpaired) electrons. The van der Waals surface area contributed by atoms with Crippen molar-refractivity contribution in [1.29, 1.82) is 0 Å². The van der Waals surface area contributed by atoms with E-state index in [-0.39, 0.29) is 11.5 Å². The Morgan fingerprint density at radius 3 is 2.35 bits per heavy atom. The molecule has 6 nitrogen and oxygen atoms in total. The molecule has 0 unspecified atom stereocenters. The van der Waals surface area contributed by atoms with E-state index < -0.39 is 5.97 Å². The molecule has 0 fully saturated rings. The second-order valence-electron chi connectivity index (χ2n) is 3.91. The zero-order valence-corrected chi connectivity index (χ0v) is 10.1. The van der Waals surface area contributed by atoms with Crippen molar-refractivity contribution in [2.75, 3.05) is 0 Å². The number of aryl methyl sites for hydroxylation is 1. The Morgan fingerprint density at radius 2 is 1.88 bits per heavy atom. The molecule has 0 aliphatic heterocycles. The number of hydrogen-bond acceptors (Lipinski definition) is 4. The van der Waals surface area contributed by atoms with E-state index in [9.17, 15) is 9.90 Å². The first-order valence-electron chi connectivity index (χ1n) is 5.13. The van der Waals surface area contributed by atoms with Crippen molar-refractivity contribution in [2.24, 2.45) is 7.05 Å². The lowest BCUT2D eigenvalue weighted by molar-refractivity contribution is 0.0696. The molecule has 17 heavy (non-hydrogen) atoms. The Bertz CT molecular complexity index is 595. The maximum absolute atomic E-state index is 11.3. The number of aromatic nitrogens is 3. The quantitative estimate of drug-likeness (QED) is 0.856. The maximum Gasteiger partial charge on any atom is 0.338 e. The van der Waals surface area contributed by atoms with Crippen LogP contribution in [0, 0.1) is 20.8 Å². The molecule has 2 aromatic rings. The molecule has 0 amide bonds. The molecular weight excluding hydrogens is 222 g/mol. The van der Waals surface area contributed by atoms with Crippen LogP contribution in [0.1, 0.15) is 27.6 Å². The third kappa shape index (κ3) is 1.61. The fourth-order valence-electron chi connectivity index (χ4n) is 1.87. The van der Waals surface area contributed by atoms with Crippen molar-refractivity contribution in [3.05, 3.63) is 22.8 Å². The second kappa shape index (κ2) is 3.73. The SMILES string of the molecule is Cc1nnc(-c2c(C(=O)O)c(C)n(C)c2C)o1. The van der Waals surface area contributed by atoms with Crippen molar-refractivity contribution in [1.82, 2.24) is 14.8 Å². The fourth-order valence-corrected chi connectivity index (χ4v) is 1.87. The number of rotatable bonds is 2. The van der Waals surface area contributed by atoms with E-state index in [1.54, 1.807) is 18.4 Å². The van der Waals surface area contributed by atoms with Gasteiger partial charge in [-0.3, -0.25) is 0 Å². The van der Waals surface area contributed by atoms with E-state index >= 15 is 0 Å². The van der Waals surface area contributed by atoms with Gasteiger partial charge in [0.25, 0.3) is 0 Å². The first-order valence-corrected chi connectivity index (χ1v) is 5.13. The van der Waals surface area contributed by atoms with Gasteiger partial charge in [0.15, 0.2) is 0 Å². The van der Waals surface area contributed by atoms with Crippen LogP contribution in [-0.2, 0) is 7.05 Å². The van der Waals surface area contributed by atoms with Crippen LogP contribution < -0.4 is 0 Å². The van der Waals surface area contributed by atoms with Crippen LogP contribution in [0.3, 0.4) is 0 Å². The lowest BCUT2D eigenvalue weighted by atomic mass is 10.1. The lowest BCUT2D eigenvalue weighted by Gasteiger charge is -1.98. The molecule has 0 aliphatic rings. The Labute approximate surface area is 97.9 Å². The van der Waals surface area contributed by atoms with Crippen LogP contribution in [0.4, 0.5) is 0 Å². The van der Waals surface area contributed by atoms with Crippen molar-refractivity contribution >= 4 is 5.97 Å². The van der Waals surface area contributed by atoms with E-state index in [4.69, 9.17) is 4.42 Å². The number of nitrogens with zero attached hydrogens (tertiary/aromatic N) is 3. The van der Waals surface area contributed by atoms with Gasteiger partial charge in [-0.1, -0.05) is 0 Å². The van der Waals surface area contributed by atoms with Crippen LogP contribution in [0.5, 0.6) is 0 Å². The lowest BCUT2D eigenvalue weighted by Crippen LogP contribution is -2.00. The number of aromatic carboxylic acids is 1. The number of carboxylic acids is 1. The minimum absolute atomic E-state index is 0.216. The highest BCUT2D eigenvalue weighted by atomic mass is 16.4. The predicted octanol–water partition coefficient (Wildman–Crippen LogP) is 1.70. The average Bonchev–Trinajstić information content (AvgIpc) is 2.76. The topological polar surface area (TPSA) is 81.1 Å². The molecule has 0 spiro atoms. The summed E-state index contributed by atoms with van der Waals surface area (Å²) in [6.45, 7) is 5.25. The highest BCUT2D eigenvalue weighted by Crippen LogP contribution is 2.30. The zero-order chi connectivity index (χ0) is 12.7. The van der Waals surface area contributed by atoms with Crippen LogP contribution >= 0.6 is 0 Å². The number of carbonyl (C=O) groups is 1. The molecule has 0 saturated heterocycles. The second-order valence-corrected chi connectivity index (χ2v) is 3.91. The van der Waals surface area contributed by atoms with Crippen LogP contribution in [0.15, 0.2) is 4.42 Å². The summed E-state index contributed by atoms with van der Waals surface area (Å²) in [7, 11) is 1.81. The van der Waals surface area contributed by atoms with Gasteiger partial charge in [-0.15, -0.1) is 10.2 Å². The highest BCUT2D eigenvalue weighted by molar-refractivity contribution is 5.97. The molecule has 2 heterocycles. The van der Waals surface area contributed by atoms with Crippen LogP contribution in [0.25, 0.3) is 11.5 Å². The fraction of sp³-hybridized carbons (Fsp3) is 0.364. The van der Waals surface area contributed by atoms with E-state index in [2.05, 4.69) is 10.2 Å². The molecule has 0 saturated carbocycles. The van der Waals surface area contributed by atoms with Gasteiger partial charge in [-0.2, -0.15) is 0 Å². The van der Waals surface area contributed by atoms with Gasteiger partial charge in [-0.05, 0) is 13.8 Å². The first kappa shape index (κ1) is 11.4. The van der Waals surface area contributed by atoms with Gasteiger partial charge in [0.1, 0.15) is 0 Å². The Hall–Kier alpha value is -2.11. The monoisotopic (exact) mass is 235 g/mol. The highest BCUT2D eigenvalue weighted by Gasteiger charge is 2.25. The standard InChI is InChI=1S/C11H13N3O3/c1-5-8(10-13-12-7(3)17-10)9(11(15)16)6(2)14(5)4/h1-4H3,(H,15,16). The smallest absolute Gasteiger partial charge is 0.338 e. The van der Waals surface area contributed by atoms with E-state index in [1.807, 2.05) is 14.0 Å². The minimum atomic E-state index is -0.989. The van der Waals surface area contributed by atoms with E-state index in [0.29, 0.717) is 17.1 Å². The molecule has 0 aromatic carbocycles. The molecule has 0 bridgehead atoms. The number of hydrogen-bond donors (Lipinski definition) is 1. The predicted molar refractivity (Wildman–Crippen MR) is 59.9 cm³/mol. The molecule has 0 atom stereocenters. The van der Waals surface area contributed by atoms with Gasteiger partial charge in [-0.25, -0.2) is 4.79 Å². The molecule has 1 N–H and O–H groups in total. The Morgan fingerprint density at radius 1 is 1.24 bits per heavy atom. The van der Waals surface area contributed by atoms with Gasteiger partial charge in [0.05, 0.1) is 11.1 Å². The van der Waals surface area contributed by atoms with Gasteiger partial charge in [0.2, 0.25) is 11.8 Å². The zero-order valence-electron chi connectivity index (χ0n) is 10.1. The van der Waals surface area contributed by atoms with Crippen molar-refractivity contribution < 1.29 is 14.3 Å². The summed E-state index contributed by atoms with van der Waals surface area (Å²) in [6, 6.07) is 0. The minimum Gasteiger partial charge on any atom is -0.478 e. The third-order valence-electron chi connectivity index (χ3n) is 2.93. The van der Waals surface area contributed by atoms with Gasteiger partial charge >= 0.3 is 5.97 Å². The average molecular weight is 235 g/mol. The summed E-state index contributed by atoms with van der Waals surface area (Å²) < 4.78 is 7.11. The summed E-state index contributed by atoms with van der Waals surface area (Å²) >= 11 is 0. The summed E-state index contributed by atoms with van der Waals surface area (Å²) in [5.41, 5.74) is 2.18. The van der Waals surface area contributed by atoms with Crippen molar-refractivity contribution in [3.8, 4) is 11.5 Å². The summed E-state index contributed by atoms with van der Waals surface area (Å²) in [5.74, 6) is -0.324. The molecule has 2 aromatic heterocycles. The summed E-state index contributed by atoms with van der Waals surface area (Å²) in [4.78, 5) is 11.3. The summed E-state index contributed by atoms with van der Waals surface area (Å²) in [5, 5.41) is 16.9. The molecule has 0 aliphatic carbocycles. The van der Waals surface area contributed by atoms with Crippen molar-refractivity contribution in [2.45, 2.75) is 20.8 Å². The Kier molecular flexibility index (Phi) is 2.49. The first-order chi connectivity index (χ1) is 7.93. The summed E-state index contributed by atoms with van der Waals surface area (Å²) in [6.07, 6.45) is 0. The normalized spacial score (nSPS) is 10.8. The van der Waals surface area contributed by atoms with Crippen LogP contribution in [0.2, 0.25) is 0 Å². The van der Waals surface area contributed by atoms with E-state index in [1.165, 1.54) is 0 Å². The number of carboxylic acid groups (broad SMARTS) is 1. The molecule has 6 heteroatoms.